The number of hydrogen-bond acceptors (Lipinski definition) is 1. The molecule has 1 aromatic rings. The first-order valence-electron chi connectivity index (χ1n) is 5.61. The molecule has 0 amide bonds. The Labute approximate surface area is 86.3 Å². The molecule has 0 saturated heterocycles. The molecule has 0 heterocycles. The van der Waals surface area contributed by atoms with Crippen LogP contribution in [0.15, 0.2) is 30.3 Å². The molecule has 1 fully saturated rings. The molecule has 0 aromatic heterocycles. The zero-order valence-electron chi connectivity index (χ0n) is 8.87. The normalized spacial score (nSPS) is 20.4. The second kappa shape index (κ2) is 3.74. The van der Waals surface area contributed by atoms with Gasteiger partial charge in [-0.2, -0.15) is 0 Å². The van der Waals surface area contributed by atoms with Crippen LogP contribution in [-0.2, 0) is 5.41 Å². The lowest BCUT2D eigenvalue weighted by Gasteiger charge is -2.23. The van der Waals surface area contributed by atoms with Crippen LogP contribution in [0.25, 0.3) is 0 Å². The van der Waals surface area contributed by atoms with Crippen molar-refractivity contribution in [2.45, 2.75) is 44.1 Å². The summed E-state index contributed by atoms with van der Waals surface area (Å²) in [7, 11) is 0. The fourth-order valence-electron chi connectivity index (χ4n) is 2.37. The Morgan fingerprint density at radius 3 is 2.43 bits per heavy atom. The summed E-state index contributed by atoms with van der Waals surface area (Å²) in [6, 6.07) is 11.1. The number of benzene rings is 1. The number of nitrogens with two attached hydrogens (primary N) is 1. The van der Waals surface area contributed by atoms with Crippen LogP contribution in [-0.4, -0.2) is 6.04 Å². The Morgan fingerprint density at radius 1 is 1.29 bits per heavy atom. The highest BCUT2D eigenvalue weighted by Gasteiger charge is 2.48. The summed E-state index contributed by atoms with van der Waals surface area (Å²) in [4.78, 5) is 0. The summed E-state index contributed by atoms with van der Waals surface area (Å²) in [5.41, 5.74) is 8.03. The van der Waals surface area contributed by atoms with Crippen LogP contribution in [0.5, 0.6) is 0 Å². The number of hydrogen-bond donors (Lipinski definition) is 1. The van der Waals surface area contributed by atoms with Gasteiger partial charge in [-0.3, -0.25) is 0 Å². The second-order valence-corrected chi connectivity index (χ2v) is 4.42. The van der Waals surface area contributed by atoms with Gasteiger partial charge in [0.15, 0.2) is 0 Å². The van der Waals surface area contributed by atoms with Crippen molar-refractivity contribution in [2.75, 3.05) is 0 Å². The molecule has 76 valence electrons. The van der Waals surface area contributed by atoms with Gasteiger partial charge in [0.25, 0.3) is 0 Å². The lowest BCUT2D eigenvalue weighted by molar-refractivity contribution is 0.480. The molecule has 0 unspecified atom stereocenters. The van der Waals surface area contributed by atoms with Crippen LogP contribution in [0.1, 0.15) is 38.2 Å². The van der Waals surface area contributed by atoms with E-state index >= 15 is 0 Å². The van der Waals surface area contributed by atoms with E-state index < -0.39 is 0 Å². The molecule has 0 bridgehead atoms. The van der Waals surface area contributed by atoms with Gasteiger partial charge in [0, 0.05) is 11.5 Å². The predicted octanol–water partition coefficient (Wildman–Crippen LogP) is 2.85. The highest BCUT2D eigenvalue weighted by molar-refractivity contribution is 5.33. The van der Waals surface area contributed by atoms with Crippen molar-refractivity contribution in [1.82, 2.24) is 0 Å². The maximum Gasteiger partial charge on any atom is 0.0136 e. The lowest BCUT2D eigenvalue weighted by Crippen LogP contribution is -2.34. The average molecular weight is 189 g/mol. The minimum Gasteiger partial charge on any atom is -0.327 e. The van der Waals surface area contributed by atoms with Gasteiger partial charge in [-0.25, -0.2) is 0 Å². The molecule has 1 saturated carbocycles. The highest BCUT2D eigenvalue weighted by Crippen LogP contribution is 2.51. The van der Waals surface area contributed by atoms with E-state index in [4.69, 9.17) is 5.73 Å². The average Bonchev–Trinajstić information content (AvgIpc) is 3.00. The first-order valence-corrected chi connectivity index (χ1v) is 5.61. The fraction of sp³-hybridized carbons (Fsp3) is 0.538. The van der Waals surface area contributed by atoms with Crippen molar-refractivity contribution in [3.63, 3.8) is 0 Å². The van der Waals surface area contributed by atoms with Gasteiger partial charge in [0.2, 0.25) is 0 Å². The SMILES string of the molecule is CCC[C@H](N)C1(c2ccccc2)CC1. The lowest BCUT2D eigenvalue weighted by atomic mass is 9.86. The summed E-state index contributed by atoms with van der Waals surface area (Å²) < 4.78 is 0. The first-order chi connectivity index (χ1) is 6.79. The van der Waals surface area contributed by atoms with E-state index in [1.54, 1.807) is 0 Å². The maximum absolute atomic E-state index is 6.26. The summed E-state index contributed by atoms with van der Waals surface area (Å²) in [5, 5.41) is 0. The topological polar surface area (TPSA) is 26.0 Å². The third kappa shape index (κ3) is 1.57. The van der Waals surface area contributed by atoms with Crippen molar-refractivity contribution < 1.29 is 0 Å². The van der Waals surface area contributed by atoms with E-state index in [1.807, 2.05) is 0 Å². The molecule has 0 radical (unpaired) electrons. The molecule has 0 aliphatic heterocycles. The molecular formula is C13H19N. The molecular weight excluding hydrogens is 170 g/mol. The third-order valence-electron chi connectivity index (χ3n) is 3.45. The van der Waals surface area contributed by atoms with Crippen LogP contribution in [0.2, 0.25) is 0 Å². The van der Waals surface area contributed by atoms with Crippen LogP contribution in [0.4, 0.5) is 0 Å². The maximum atomic E-state index is 6.26. The van der Waals surface area contributed by atoms with Gasteiger partial charge in [0.1, 0.15) is 0 Å². The number of rotatable bonds is 4. The van der Waals surface area contributed by atoms with Gasteiger partial charge < -0.3 is 5.73 Å². The van der Waals surface area contributed by atoms with E-state index in [0.29, 0.717) is 11.5 Å². The molecule has 1 atom stereocenters. The summed E-state index contributed by atoms with van der Waals surface area (Å²) in [6.07, 6.45) is 4.89. The minimum atomic E-state index is 0.331. The third-order valence-corrected chi connectivity index (χ3v) is 3.45. The monoisotopic (exact) mass is 189 g/mol. The van der Waals surface area contributed by atoms with Gasteiger partial charge in [-0.1, -0.05) is 43.7 Å². The van der Waals surface area contributed by atoms with E-state index in [0.717, 1.165) is 6.42 Å². The molecule has 1 aliphatic carbocycles. The van der Waals surface area contributed by atoms with Crippen molar-refractivity contribution in [3.05, 3.63) is 35.9 Å². The van der Waals surface area contributed by atoms with Gasteiger partial charge in [-0.15, -0.1) is 0 Å². The minimum absolute atomic E-state index is 0.331. The summed E-state index contributed by atoms with van der Waals surface area (Å²) >= 11 is 0. The molecule has 0 spiro atoms. The largest absolute Gasteiger partial charge is 0.327 e. The quantitative estimate of drug-likeness (QED) is 0.774. The standard InChI is InChI=1S/C13H19N/c1-2-6-12(14)13(9-10-13)11-7-4-3-5-8-11/h3-5,7-8,12H,2,6,9-10,14H2,1H3/t12-/m0/s1. The Kier molecular flexibility index (Phi) is 2.60. The van der Waals surface area contributed by atoms with Crippen LogP contribution in [0.3, 0.4) is 0 Å². The van der Waals surface area contributed by atoms with Crippen LogP contribution >= 0.6 is 0 Å². The summed E-state index contributed by atoms with van der Waals surface area (Å²) in [5.74, 6) is 0. The fourth-order valence-corrected chi connectivity index (χ4v) is 2.37. The predicted molar refractivity (Wildman–Crippen MR) is 60.2 cm³/mol. The zero-order chi connectivity index (χ0) is 10.0. The Hall–Kier alpha value is -0.820. The van der Waals surface area contributed by atoms with Crippen LogP contribution in [0, 0.1) is 0 Å². The van der Waals surface area contributed by atoms with E-state index in [9.17, 15) is 0 Å². The first kappa shape index (κ1) is 9.72. The molecule has 1 nitrogen and oxygen atoms in total. The molecule has 2 rings (SSSR count). The molecule has 1 aromatic carbocycles. The molecule has 14 heavy (non-hydrogen) atoms. The summed E-state index contributed by atoms with van der Waals surface area (Å²) in [6.45, 7) is 2.21. The molecule has 2 N–H and O–H groups in total. The highest BCUT2D eigenvalue weighted by atomic mass is 14.7. The van der Waals surface area contributed by atoms with Crippen molar-refractivity contribution >= 4 is 0 Å². The van der Waals surface area contributed by atoms with E-state index in [1.165, 1.54) is 24.8 Å². The Balaban J connectivity index is 2.17. The van der Waals surface area contributed by atoms with Crippen molar-refractivity contribution in [2.24, 2.45) is 5.73 Å². The van der Waals surface area contributed by atoms with Gasteiger partial charge in [0.05, 0.1) is 0 Å². The van der Waals surface area contributed by atoms with E-state index in [-0.39, 0.29) is 0 Å². The second-order valence-electron chi connectivity index (χ2n) is 4.42. The smallest absolute Gasteiger partial charge is 0.0136 e. The molecule has 1 aliphatic rings. The van der Waals surface area contributed by atoms with Gasteiger partial charge >= 0.3 is 0 Å². The van der Waals surface area contributed by atoms with Crippen molar-refractivity contribution in [3.8, 4) is 0 Å². The van der Waals surface area contributed by atoms with Gasteiger partial charge in [-0.05, 0) is 24.8 Å². The Morgan fingerprint density at radius 2 is 1.93 bits per heavy atom. The Bertz CT molecular complexity index is 287. The van der Waals surface area contributed by atoms with E-state index in [2.05, 4.69) is 37.3 Å². The van der Waals surface area contributed by atoms with Crippen molar-refractivity contribution in [1.29, 1.82) is 0 Å². The molecule has 1 heteroatoms. The zero-order valence-corrected chi connectivity index (χ0v) is 8.87. The van der Waals surface area contributed by atoms with Crippen LogP contribution < -0.4 is 5.73 Å².